The van der Waals surface area contributed by atoms with E-state index in [2.05, 4.69) is 60.7 Å². The predicted molar refractivity (Wildman–Crippen MR) is 73.4 cm³/mol. The molecule has 0 heterocycles. The molecule has 3 rings (SSSR count). The van der Waals surface area contributed by atoms with Crippen molar-refractivity contribution in [1.29, 1.82) is 0 Å². The molecule has 3 aromatic rings. The number of hydrogen-bond donors (Lipinski definition) is 1. The molecule has 80 valence electrons. The van der Waals surface area contributed by atoms with Crippen LogP contribution < -0.4 is 0 Å². The Balaban J connectivity index is 0.000000457. The maximum atomic E-state index is 6.92. The zero-order chi connectivity index (χ0) is 11.4. The Morgan fingerprint density at radius 2 is 0.938 bits per heavy atom. The molecule has 16 heavy (non-hydrogen) atoms. The Labute approximate surface area is 97.0 Å². The van der Waals surface area contributed by atoms with Crippen LogP contribution in [0.15, 0.2) is 60.7 Å². The smallest absolute Gasteiger partial charge is 0.00391 e. The topological polar surface area (TPSA) is 20.2 Å². The van der Waals surface area contributed by atoms with Gasteiger partial charge in [0.2, 0.25) is 0 Å². The predicted octanol–water partition coefficient (Wildman–Crippen LogP) is 3.76. The molecule has 1 unspecified atom stereocenters. The van der Waals surface area contributed by atoms with Crippen LogP contribution in [0, 0.1) is 0 Å². The third-order valence-electron chi connectivity index (χ3n) is 2.65. The number of fused-ring (bicyclic) bond motifs is 3. The molecule has 0 saturated carbocycles. The van der Waals surface area contributed by atoms with Crippen molar-refractivity contribution < 1.29 is 4.89 Å². The van der Waals surface area contributed by atoms with E-state index in [4.69, 9.17) is 4.89 Å². The van der Waals surface area contributed by atoms with Crippen molar-refractivity contribution in [1.82, 2.24) is 0 Å². The molecule has 0 aliphatic heterocycles. The van der Waals surface area contributed by atoms with Crippen molar-refractivity contribution in [2.24, 2.45) is 0 Å². The summed E-state index contributed by atoms with van der Waals surface area (Å²) < 4.78 is 0. The van der Waals surface area contributed by atoms with Crippen molar-refractivity contribution in [3.05, 3.63) is 60.7 Å². The van der Waals surface area contributed by atoms with Gasteiger partial charge in [-0.1, -0.05) is 60.7 Å². The van der Waals surface area contributed by atoms with Crippen LogP contribution in [0.3, 0.4) is 0 Å². The summed E-state index contributed by atoms with van der Waals surface area (Å²) in [5.74, 6) is 0. The van der Waals surface area contributed by atoms with Gasteiger partial charge in [-0.3, -0.25) is 0 Å². The molecule has 0 bridgehead atoms. The number of hydrogen-bond acceptors (Lipinski definition) is 1. The minimum atomic E-state index is 1.31. The van der Waals surface area contributed by atoms with E-state index in [1.807, 2.05) is 0 Å². The molecule has 0 aliphatic rings. The fourth-order valence-corrected chi connectivity index (χ4v) is 1.95. The summed E-state index contributed by atoms with van der Waals surface area (Å²) in [6.07, 6.45) is 0. The van der Waals surface area contributed by atoms with Crippen LogP contribution in [0.2, 0.25) is 0 Å². The van der Waals surface area contributed by atoms with Crippen LogP contribution in [0.25, 0.3) is 21.5 Å². The summed E-state index contributed by atoms with van der Waals surface area (Å²) in [5, 5.41) is 5.30. The van der Waals surface area contributed by atoms with Gasteiger partial charge in [0.1, 0.15) is 0 Å². The van der Waals surface area contributed by atoms with Gasteiger partial charge in [0.05, 0.1) is 0 Å². The second-order valence-corrected chi connectivity index (χ2v) is 3.51. The lowest BCUT2D eigenvalue weighted by Gasteiger charge is -2.02. The van der Waals surface area contributed by atoms with E-state index >= 15 is 0 Å². The third kappa shape index (κ3) is 1.92. The molecular formula is C14H13OP. The highest BCUT2D eigenvalue weighted by molar-refractivity contribution is 7.08. The number of rotatable bonds is 0. The Morgan fingerprint density at radius 1 is 0.562 bits per heavy atom. The van der Waals surface area contributed by atoms with E-state index in [9.17, 15) is 0 Å². The first-order valence-electron chi connectivity index (χ1n) is 5.07. The van der Waals surface area contributed by atoms with Crippen LogP contribution >= 0.6 is 9.47 Å². The second kappa shape index (κ2) is 5.07. The molecule has 2 heteroatoms. The van der Waals surface area contributed by atoms with Crippen LogP contribution in [0.5, 0.6) is 0 Å². The van der Waals surface area contributed by atoms with E-state index in [0.717, 1.165) is 0 Å². The van der Waals surface area contributed by atoms with Gasteiger partial charge in [0.15, 0.2) is 0 Å². The molecule has 0 aromatic heterocycles. The first kappa shape index (κ1) is 11.1. The van der Waals surface area contributed by atoms with Gasteiger partial charge in [0.25, 0.3) is 0 Å². The maximum Gasteiger partial charge on any atom is -0.00391 e. The van der Waals surface area contributed by atoms with Crippen LogP contribution in [0.1, 0.15) is 0 Å². The largest absolute Gasteiger partial charge is 0.380 e. The Bertz CT molecular complexity index is 550. The molecule has 1 atom stereocenters. The lowest BCUT2D eigenvalue weighted by molar-refractivity contribution is 0.664. The molecule has 1 N–H and O–H groups in total. The highest BCUT2D eigenvalue weighted by Gasteiger charge is 1.97. The van der Waals surface area contributed by atoms with Gasteiger partial charge in [-0.25, -0.2) is 0 Å². The average molecular weight is 228 g/mol. The summed E-state index contributed by atoms with van der Waals surface area (Å²) in [5.41, 5.74) is 0. The minimum absolute atomic E-state index is 1.31. The Hall–Kier alpha value is -1.43. The Kier molecular flexibility index (Phi) is 3.51. The van der Waals surface area contributed by atoms with E-state index in [-0.39, 0.29) is 0 Å². The van der Waals surface area contributed by atoms with Crippen LogP contribution in [0.4, 0.5) is 0 Å². The zero-order valence-corrected chi connectivity index (χ0v) is 9.95. The van der Waals surface area contributed by atoms with Gasteiger partial charge in [-0.05, 0) is 31.0 Å². The third-order valence-corrected chi connectivity index (χ3v) is 2.65. The van der Waals surface area contributed by atoms with Gasteiger partial charge in [-0.2, -0.15) is 0 Å². The van der Waals surface area contributed by atoms with Gasteiger partial charge >= 0.3 is 0 Å². The summed E-state index contributed by atoms with van der Waals surface area (Å²) in [4.78, 5) is 6.92. The summed E-state index contributed by atoms with van der Waals surface area (Å²) >= 11 is 0. The normalized spacial score (nSPS) is 9.88. The summed E-state index contributed by atoms with van der Waals surface area (Å²) in [6.45, 7) is 0. The second-order valence-electron chi connectivity index (χ2n) is 3.51. The van der Waals surface area contributed by atoms with E-state index < -0.39 is 0 Å². The van der Waals surface area contributed by atoms with E-state index in [0.29, 0.717) is 0 Å². The van der Waals surface area contributed by atoms with Gasteiger partial charge in [-0.15, -0.1) is 0 Å². The monoisotopic (exact) mass is 228 g/mol. The SMILES string of the molecule is OP.c1ccc2c(c1)ccc1ccccc12. The maximum absolute atomic E-state index is 6.92. The average Bonchev–Trinajstić information content (AvgIpc) is 2.41. The fraction of sp³-hybridized carbons (Fsp3) is 0. The summed E-state index contributed by atoms with van der Waals surface area (Å²) in [6, 6.07) is 21.4. The molecule has 0 aliphatic carbocycles. The molecule has 0 spiro atoms. The molecular weight excluding hydrogens is 215 g/mol. The quantitative estimate of drug-likeness (QED) is 0.459. The van der Waals surface area contributed by atoms with Crippen molar-refractivity contribution in [3.63, 3.8) is 0 Å². The zero-order valence-electron chi connectivity index (χ0n) is 8.80. The first-order chi connectivity index (χ1) is 7.95. The van der Waals surface area contributed by atoms with Crippen molar-refractivity contribution in [2.45, 2.75) is 0 Å². The minimum Gasteiger partial charge on any atom is -0.380 e. The molecule has 0 radical (unpaired) electrons. The van der Waals surface area contributed by atoms with Crippen molar-refractivity contribution >= 4 is 31.0 Å². The van der Waals surface area contributed by atoms with E-state index in [1.54, 1.807) is 0 Å². The molecule has 1 nitrogen and oxygen atoms in total. The fourth-order valence-electron chi connectivity index (χ4n) is 1.95. The van der Waals surface area contributed by atoms with Crippen molar-refractivity contribution in [2.75, 3.05) is 0 Å². The first-order valence-corrected chi connectivity index (χ1v) is 5.59. The molecule has 0 fully saturated rings. The van der Waals surface area contributed by atoms with Gasteiger partial charge in [0, 0.05) is 0 Å². The van der Waals surface area contributed by atoms with E-state index in [1.165, 1.54) is 31.0 Å². The standard InChI is InChI=1S/C14H10.H3OP/c1-3-7-13-11(5-1)9-10-12-6-2-4-8-14(12)13;1-2/h1-10H;1H,2H2. The molecule has 0 amide bonds. The van der Waals surface area contributed by atoms with Crippen LogP contribution in [-0.2, 0) is 0 Å². The van der Waals surface area contributed by atoms with Crippen LogP contribution in [-0.4, -0.2) is 4.89 Å². The highest BCUT2D eigenvalue weighted by atomic mass is 31.0. The van der Waals surface area contributed by atoms with Crippen molar-refractivity contribution in [3.8, 4) is 0 Å². The van der Waals surface area contributed by atoms with Gasteiger partial charge < -0.3 is 4.89 Å². The summed E-state index contributed by atoms with van der Waals surface area (Å²) in [7, 11) is 1.42. The molecule has 0 saturated heterocycles. The lowest BCUT2D eigenvalue weighted by Crippen LogP contribution is -1.75. The lowest BCUT2D eigenvalue weighted by atomic mass is 10.0. The Morgan fingerprint density at radius 3 is 1.38 bits per heavy atom. The highest BCUT2D eigenvalue weighted by Crippen LogP contribution is 2.24. The number of benzene rings is 3. The molecule has 3 aromatic carbocycles.